The van der Waals surface area contributed by atoms with Crippen LogP contribution in [0.3, 0.4) is 0 Å². The van der Waals surface area contributed by atoms with Gasteiger partial charge < -0.3 is 14.2 Å². The number of piperidine rings is 1. The van der Waals surface area contributed by atoms with Crippen LogP contribution in [0.15, 0.2) is 28.7 Å². The van der Waals surface area contributed by atoms with Gasteiger partial charge in [-0.05, 0) is 30.4 Å². The highest BCUT2D eigenvalue weighted by molar-refractivity contribution is 5.86. The molecule has 138 valence electrons. The van der Waals surface area contributed by atoms with Crippen molar-refractivity contribution in [1.82, 2.24) is 14.8 Å². The molecular formula is C20H25N3O3. The largest absolute Gasteiger partial charge is 0.440 e. The minimum atomic E-state index is -0.0417. The molecule has 1 aromatic carbocycles. The molecule has 2 amide bonds. The van der Waals surface area contributed by atoms with Crippen molar-refractivity contribution in [3.05, 3.63) is 30.2 Å². The minimum Gasteiger partial charge on any atom is -0.440 e. The Morgan fingerprint density at radius 3 is 2.88 bits per heavy atom. The average Bonchev–Trinajstić information content (AvgIpc) is 3.15. The molecule has 2 aliphatic heterocycles. The van der Waals surface area contributed by atoms with Gasteiger partial charge in [0.15, 0.2) is 11.5 Å². The van der Waals surface area contributed by atoms with Crippen LogP contribution < -0.4 is 0 Å². The van der Waals surface area contributed by atoms with Crippen LogP contribution in [0.25, 0.3) is 11.1 Å². The monoisotopic (exact) mass is 355 g/mol. The molecule has 2 fully saturated rings. The first kappa shape index (κ1) is 17.1. The van der Waals surface area contributed by atoms with Gasteiger partial charge in [0.25, 0.3) is 0 Å². The fourth-order valence-corrected chi connectivity index (χ4v) is 4.06. The number of rotatable bonds is 3. The molecule has 0 spiro atoms. The van der Waals surface area contributed by atoms with E-state index in [0.717, 1.165) is 30.5 Å². The first-order valence-corrected chi connectivity index (χ1v) is 9.32. The van der Waals surface area contributed by atoms with Crippen molar-refractivity contribution >= 4 is 22.9 Å². The summed E-state index contributed by atoms with van der Waals surface area (Å²) in [5.74, 6) is 0.931. The number of carbonyl (C=O) groups is 2. The number of nitrogens with zero attached hydrogens (tertiary/aromatic N) is 3. The van der Waals surface area contributed by atoms with E-state index in [1.54, 1.807) is 4.90 Å². The quantitative estimate of drug-likeness (QED) is 0.849. The van der Waals surface area contributed by atoms with Gasteiger partial charge in [-0.15, -0.1) is 0 Å². The Bertz CT molecular complexity index is 809. The van der Waals surface area contributed by atoms with E-state index in [1.807, 2.05) is 29.2 Å². The SMILES string of the molecule is CC1(C)CC(=O)N(CC(=O)N2CCCC(c3nc4ccccc4o3)C2)C1. The lowest BCUT2D eigenvalue weighted by Crippen LogP contribution is -2.45. The fraction of sp³-hybridized carbons (Fsp3) is 0.550. The maximum atomic E-state index is 12.7. The molecule has 0 saturated carbocycles. The first-order valence-electron chi connectivity index (χ1n) is 9.32. The number of amides is 2. The van der Waals surface area contributed by atoms with Crippen molar-refractivity contribution in [1.29, 1.82) is 0 Å². The summed E-state index contributed by atoms with van der Waals surface area (Å²) in [6.45, 7) is 6.32. The number of hydrogen-bond donors (Lipinski definition) is 0. The number of carbonyl (C=O) groups excluding carboxylic acids is 2. The molecule has 2 saturated heterocycles. The Kier molecular flexibility index (Phi) is 4.21. The van der Waals surface area contributed by atoms with Gasteiger partial charge in [0, 0.05) is 26.1 Å². The van der Waals surface area contributed by atoms with Crippen molar-refractivity contribution in [3.63, 3.8) is 0 Å². The highest BCUT2D eigenvalue weighted by Gasteiger charge is 2.37. The van der Waals surface area contributed by atoms with Gasteiger partial charge in [0.05, 0.1) is 12.5 Å². The van der Waals surface area contributed by atoms with E-state index in [4.69, 9.17) is 4.42 Å². The van der Waals surface area contributed by atoms with E-state index in [9.17, 15) is 9.59 Å². The second-order valence-corrected chi connectivity index (χ2v) is 8.29. The first-order chi connectivity index (χ1) is 12.4. The normalized spacial score (nSPS) is 23.0. The predicted molar refractivity (Wildman–Crippen MR) is 97.5 cm³/mol. The van der Waals surface area contributed by atoms with Crippen LogP contribution in [0.5, 0.6) is 0 Å². The zero-order valence-electron chi connectivity index (χ0n) is 15.4. The van der Waals surface area contributed by atoms with Crippen molar-refractivity contribution in [2.75, 3.05) is 26.2 Å². The van der Waals surface area contributed by atoms with E-state index in [2.05, 4.69) is 18.8 Å². The second kappa shape index (κ2) is 6.41. The number of likely N-dealkylation sites (tertiary alicyclic amines) is 2. The summed E-state index contributed by atoms with van der Waals surface area (Å²) in [7, 11) is 0. The Hall–Kier alpha value is -2.37. The number of para-hydroxylation sites is 2. The second-order valence-electron chi connectivity index (χ2n) is 8.29. The van der Waals surface area contributed by atoms with Gasteiger partial charge in [-0.2, -0.15) is 0 Å². The third-order valence-electron chi connectivity index (χ3n) is 5.36. The van der Waals surface area contributed by atoms with Crippen molar-refractivity contribution in [3.8, 4) is 0 Å². The third kappa shape index (κ3) is 3.32. The number of fused-ring (bicyclic) bond motifs is 1. The Morgan fingerprint density at radius 2 is 2.15 bits per heavy atom. The molecule has 0 radical (unpaired) electrons. The molecule has 3 heterocycles. The van der Waals surface area contributed by atoms with Crippen molar-refractivity contribution in [2.24, 2.45) is 5.41 Å². The molecule has 2 aromatic rings. The zero-order valence-corrected chi connectivity index (χ0v) is 15.4. The summed E-state index contributed by atoms with van der Waals surface area (Å²) in [6.07, 6.45) is 2.41. The lowest BCUT2D eigenvalue weighted by molar-refractivity contribution is -0.139. The maximum Gasteiger partial charge on any atom is 0.242 e. The summed E-state index contributed by atoms with van der Waals surface area (Å²) in [5.41, 5.74) is 1.60. The Morgan fingerprint density at radius 1 is 1.35 bits per heavy atom. The molecule has 0 aliphatic carbocycles. The molecule has 2 aliphatic rings. The van der Waals surface area contributed by atoms with Gasteiger partial charge in [-0.1, -0.05) is 26.0 Å². The fourth-order valence-electron chi connectivity index (χ4n) is 4.06. The summed E-state index contributed by atoms with van der Waals surface area (Å²) in [4.78, 5) is 33.0. The summed E-state index contributed by atoms with van der Waals surface area (Å²) < 4.78 is 5.90. The van der Waals surface area contributed by atoms with Crippen LogP contribution >= 0.6 is 0 Å². The van der Waals surface area contributed by atoms with Crippen LogP contribution in [-0.4, -0.2) is 52.8 Å². The molecular weight excluding hydrogens is 330 g/mol. The van der Waals surface area contributed by atoms with Gasteiger partial charge in [-0.3, -0.25) is 9.59 Å². The molecule has 6 nitrogen and oxygen atoms in total. The average molecular weight is 355 g/mol. The van der Waals surface area contributed by atoms with Crippen LogP contribution in [-0.2, 0) is 9.59 Å². The van der Waals surface area contributed by atoms with Crippen molar-refractivity contribution in [2.45, 2.75) is 39.0 Å². The van der Waals surface area contributed by atoms with Gasteiger partial charge in [0.1, 0.15) is 5.52 Å². The molecule has 26 heavy (non-hydrogen) atoms. The van der Waals surface area contributed by atoms with E-state index in [-0.39, 0.29) is 29.7 Å². The molecule has 0 N–H and O–H groups in total. The Balaban J connectivity index is 1.43. The van der Waals surface area contributed by atoms with Crippen LogP contribution in [0.1, 0.15) is 44.9 Å². The lowest BCUT2D eigenvalue weighted by Gasteiger charge is -2.32. The minimum absolute atomic E-state index is 0.0249. The Labute approximate surface area is 153 Å². The third-order valence-corrected chi connectivity index (χ3v) is 5.36. The molecule has 6 heteroatoms. The van der Waals surface area contributed by atoms with E-state index < -0.39 is 0 Å². The molecule has 4 rings (SSSR count). The smallest absolute Gasteiger partial charge is 0.242 e. The summed E-state index contributed by atoms with van der Waals surface area (Å²) in [5, 5.41) is 0. The van der Waals surface area contributed by atoms with Crippen molar-refractivity contribution < 1.29 is 14.0 Å². The molecule has 1 aromatic heterocycles. The van der Waals surface area contributed by atoms with E-state index in [1.165, 1.54) is 0 Å². The van der Waals surface area contributed by atoms with Crippen LogP contribution in [0, 0.1) is 5.41 Å². The maximum absolute atomic E-state index is 12.7. The summed E-state index contributed by atoms with van der Waals surface area (Å²) >= 11 is 0. The number of oxazole rings is 1. The van der Waals surface area contributed by atoms with Crippen LogP contribution in [0.2, 0.25) is 0 Å². The highest BCUT2D eigenvalue weighted by Crippen LogP contribution is 2.31. The molecule has 0 bridgehead atoms. The van der Waals surface area contributed by atoms with Gasteiger partial charge >= 0.3 is 0 Å². The molecule has 1 unspecified atom stereocenters. The number of benzene rings is 1. The van der Waals surface area contributed by atoms with E-state index in [0.29, 0.717) is 25.4 Å². The van der Waals surface area contributed by atoms with Gasteiger partial charge in [0.2, 0.25) is 11.8 Å². The van der Waals surface area contributed by atoms with Crippen LogP contribution in [0.4, 0.5) is 0 Å². The summed E-state index contributed by atoms with van der Waals surface area (Å²) in [6, 6.07) is 7.73. The highest BCUT2D eigenvalue weighted by atomic mass is 16.3. The zero-order chi connectivity index (χ0) is 18.3. The topological polar surface area (TPSA) is 66.7 Å². The van der Waals surface area contributed by atoms with E-state index >= 15 is 0 Å². The molecule has 1 atom stereocenters. The van der Waals surface area contributed by atoms with Gasteiger partial charge in [-0.25, -0.2) is 4.98 Å². The lowest BCUT2D eigenvalue weighted by atomic mass is 9.93. The predicted octanol–water partition coefficient (Wildman–Crippen LogP) is 2.79. The number of hydrogen-bond acceptors (Lipinski definition) is 4. The standard InChI is InChI=1S/C20H25N3O3/c1-20(2)10-17(24)23(13-20)12-18(25)22-9-5-6-14(11-22)19-21-15-7-3-4-8-16(15)26-19/h3-4,7-8,14H,5-6,9-13H2,1-2H3. The number of aromatic nitrogens is 1.